The Morgan fingerprint density at radius 1 is 1.19 bits per heavy atom. The largest absolute Gasteiger partial charge is 0.393 e. The molecule has 3 rings (SSSR count). The summed E-state index contributed by atoms with van der Waals surface area (Å²) in [4.78, 5) is 23.2. The number of hydrogen-bond acceptors (Lipinski definition) is 5. The van der Waals surface area contributed by atoms with Crippen molar-refractivity contribution in [2.24, 2.45) is 0 Å². The second kappa shape index (κ2) is 7.97. The maximum absolute atomic E-state index is 12.6. The zero-order valence-electron chi connectivity index (χ0n) is 14.2. The molecule has 1 amide bonds. The van der Waals surface area contributed by atoms with E-state index in [4.69, 9.17) is 0 Å². The molecule has 7 nitrogen and oxygen atoms in total. The summed E-state index contributed by atoms with van der Waals surface area (Å²) >= 11 is 0. The number of carbonyl (C=O) groups excluding carboxylic acids is 1. The first-order valence-corrected chi connectivity index (χ1v) is 8.58. The molecule has 1 saturated carbocycles. The Balaban J connectivity index is 1.78. The molecule has 0 aromatic heterocycles. The third-order valence-corrected chi connectivity index (χ3v) is 4.52. The summed E-state index contributed by atoms with van der Waals surface area (Å²) in [5.41, 5.74) is 1.59. The van der Waals surface area contributed by atoms with Gasteiger partial charge in [-0.2, -0.15) is 0 Å². The molecule has 1 fully saturated rings. The van der Waals surface area contributed by atoms with Gasteiger partial charge in [0, 0.05) is 30.4 Å². The second-order valence-electron chi connectivity index (χ2n) is 6.46. The van der Waals surface area contributed by atoms with Crippen LogP contribution in [0.3, 0.4) is 0 Å². The number of nitrogens with one attached hydrogen (secondary N) is 2. The summed E-state index contributed by atoms with van der Waals surface area (Å²) in [5, 5.41) is 26.8. The Morgan fingerprint density at radius 2 is 1.96 bits per heavy atom. The van der Waals surface area contributed by atoms with Crippen molar-refractivity contribution in [3.8, 4) is 0 Å². The van der Waals surface area contributed by atoms with Gasteiger partial charge in [0.25, 0.3) is 11.6 Å². The lowest BCUT2D eigenvalue weighted by Gasteiger charge is -2.17. The first-order valence-electron chi connectivity index (χ1n) is 8.58. The molecular weight excluding hydrogens is 334 g/mol. The van der Waals surface area contributed by atoms with Gasteiger partial charge < -0.3 is 15.7 Å². The van der Waals surface area contributed by atoms with E-state index in [1.54, 1.807) is 6.07 Å². The van der Waals surface area contributed by atoms with Crippen LogP contribution in [0.1, 0.15) is 35.2 Å². The van der Waals surface area contributed by atoms with E-state index in [2.05, 4.69) is 10.6 Å². The van der Waals surface area contributed by atoms with Gasteiger partial charge in [0.1, 0.15) is 0 Å². The lowest BCUT2D eigenvalue weighted by molar-refractivity contribution is -0.384. The summed E-state index contributed by atoms with van der Waals surface area (Å²) in [6, 6.07) is 13.7. The summed E-state index contributed by atoms with van der Waals surface area (Å²) in [5.74, 6) is -0.376. The van der Waals surface area contributed by atoms with Crippen LogP contribution in [0.25, 0.3) is 0 Å². The second-order valence-corrected chi connectivity index (χ2v) is 6.46. The molecule has 26 heavy (non-hydrogen) atoms. The highest BCUT2D eigenvalue weighted by Gasteiger charge is 2.25. The Bertz CT molecular complexity index is 795. The number of nitrogens with zero attached hydrogens (tertiary/aromatic N) is 1. The first kappa shape index (κ1) is 17.9. The Morgan fingerprint density at radius 3 is 2.62 bits per heavy atom. The fraction of sp³-hybridized carbons (Fsp3) is 0.316. The minimum absolute atomic E-state index is 0.0483. The van der Waals surface area contributed by atoms with Gasteiger partial charge in [-0.3, -0.25) is 14.9 Å². The minimum Gasteiger partial charge on any atom is -0.393 e. The topological polar surface area (TPSA) is 104 Å². The molecule has 1 aliphatic rings. The van der Waals surface area contributed by atoms with Crippen LogP contribution in [-0.4, -0.2) is 28.1 Å². The van der Waals surface area contributed by atoms with E-state index in [1.165, 1.54) is 12.1 Å². The third kappa shape index (κ3) is 4.37. The number of aliphatic hydroxyl groups excluding tert-OH is 1. The lowest BCUT2D eigenvalue weighted by atomic mass is 10.1. The van der Waals surface area contributed by atoms with Crippen LogP contribution in [0.4, 0.5) is 11.4 Å². The summed E-state index contributed by atoms with van der Waals surface area (Å²) < 4.78 is 0. The van der Waals surface area contributed by atoms with E-state index < -0.39 is 4.92 Å². The number of nitro groups is 1. The fourth-order valence-electron chi connectivity index (χ4n) is 3.14. The number of benzene rings is 2. The SMILES string of the molecule is O=C(NCc1ccccc1)c1cc([N+](=O)[O-])ccc1NC1CCC(O)C1. The van der Waals surface area contributed by atoms with E-state index in [0.29, 0.717) is 25.1 Å². The van der Waals surface area contributed by atoms with E-state index in [9.17, 15) is 20.0 Å². The molecule has 0 heterocycles. The monoisotopic (exact) mass is 355 g/mol. The fourth-order valence-corrected chi connectivity index (χ4v) is 3.14. The molecule has 2 aromatic carbocycles. The molecule has 136 valence electrons. The molecule has 3 N–H and O–H groups in total. The molecule has 0 aliphatic heterocycles. The standard InChI is InChI=1S/C19H21N3O4/c23-16-8-6-14(10-16)21-18-9-7-15(22(25)26)11-17(18)19(24)20-12-13-4-2-1-3-5-13/h1-5,7,9,11,14,16,21,23H,6,8,10,12H2,(H,20,24). The number of anilines is 1. The Labute approximate surface area is 151 Å². The van der Waals surface area contributed by atoms with Crippen LogP contribution in [0.2, 0.25) is 0 Å². The van der Waals surface area contributed by atoms with Crippen LogP contribution in [0.5, 0.6) is 0 Å². The summed E-state index contributed by atoms with van der Waals surface area (Å²) in [6.07, 6.45) is 1.76. The number of non-ortho nitro benzene ring substituents is 1. The molecule has 0 spiro atoms. The van der Waals surface area contributed by atoms with E-state index >= 15 is 0 Å². The van der Waals surface area contributed by atoms with Crippen LogP contribution >= 0.6 is 0 Å². The van der Waals surface area contributed by atoms with Crippen molar-refractivity contribution in [2.45, 2.75) is 38.0 Å². The van der Waals surface area contributed by atoms with Crippen molar-refractivity contribution < 1.29 is 14.8 Å². The highest BCUT2D eigenvalue weighted by atomic mass is 16.6. The lowest BCUT2D eigenvalue weighted by Crippen LogP contribution is -2.25. The van der Waals surface area contributed by atoms with E-state index in [0.717, 1.165) is 12.0 Å². The molecular formula is C19H21N3O4. The molecule has 0 radical (unpaired) electrons. The van der Waals surface area contributed by atoms with Crippen molar-refractivity contribution in [3.63, 3.8) is 0 Å². The normalized spacial score (nSPS) is 19.1. The smallest absolute Gasteiger partial charge is 0.270 e. The van der Waals surface area contributed by atoms with Crippen molar-refractivity contribution in [2.75, 3.05) is 5.32 Å². The van der Waals surface area contributed by atoms with E-state index in [1.807, 2.05) is 30.3 Å². The molecule has 2 atom stereocenters. The number of amides is 1. The number of hydrogen-bond donors (Lipinski definition) is 3. The Kier molecular flexibility index (Phi) is 5.48. The van der Waals surface area contributed by atoms with Gasteiger partial charge in [-0.1, -0.05) is 30.3 Å². The predicted octanol–water partition coefficient (Wildman–Crippen LogP) is 2.85. The molecule has 2 aromatic rings. The number of aliphatic hydroxyl groups is 1. The predicted molar refractivity (Wildman–Crippen MR) is 98.0 cm³/mol. The van der Waals surface area contributed by atoms with Gasteiger partial charge in [-0.25, -0.2) is 0 Å². The average Bonchev–Trinajstić information content (AvgIpc) is 3.05. The number of nitro benzene ring substituents is 1. The highest BCUT2D eigenvalue weighted by molar-refractivity contribution is 6.00. The third-order valence-electron chi connectivity index (χ3n) is 4.52. The van der Waals surface area contributed by atoms with Crippen LogP contribution in [0, 0.1) is 10.1 Å². The maximum Gasteiger partial charge on any atom is 0.270 e. The number of rotatable bonds is 6. The van der Waals surface area contributed by atoms with Crippen LogP contribution in [0.15, 0.2) is 48.5 Å². The zero-order chi connectivity index (χ0) is 18.5. The van der Waals surface area contributed by atoms with Gasteiger partial charge in [0.15, 0.2) is 0 Å². The molecule has 7 heteroatoms. The van der Waals surface area contributed by atoms with Crippen LogP contribution in [-0.2, 0) is 6.54 Å². The van der Waals surface area contributed by atoms with Gasteiger partial charge in [-0.15, -0.1) is 0 Å². The van der Waals surface area contributed by atoms with Gasteiger partial charge in [-0.05, 0) is 30.9 Å². The molecule has 1 aliphatic carbocycles. The van der Waals surface area contributed by atoms with Crippen molar-refractivity contribution in [1.82, 2.24) is 5.32 Å². The van der Waals surface area contributed by atoms with Gasteiger partial charge >= 0.3 is 0 Å². The zero-order valence-corrected chi connectivity index (χ0v) is 14.2. The van der Waals surface area contributed by atoms with E-state index in [-0.39, 0.29) is 29.3 Å². The molecule has 0 bridgehead atoms. The first-order chi connectivity index (χ1) is 12.5. The Hall–Kier alpha value is -2.93. The number of carbonyl (C=O) groups is 1. The summed E-state index contributed by atoms with van der Waals surface area (Å²) in [7, 11) is 0. The van der Waals surface area contributed by atoms with Gasteiger partial charge in [0.2, 0.25) is 0 Å². The van der Waals surface area contributed by atoms with Crippen molar-refractivity contribution in [1.29, 1.82) is 0 Å². The van der Waals surface area contributed by atoms with Crippen molar-refractivity contribution in [3.05, 3.63) is 69.8 Å². The van der Waals surface area contributed by atoms with Gasteiger partial charge in [0.05, 0.1) is 16.6 Å². The quantitative estimate of drug-likeness (QED) is 0.546. The average molecular weight is 355 g/mol. The van der Waals surface area contributed by atoms with Crippen LogP contribution < -0.4 is 10.6 Å². The maximum atomic E-state index is 12.6. The van der Waals surface area contributed by atoms with Crippen molar-refractivity contribution >= 4 is 17.3 Å². The highest BCUT2D eigenvalue weighted by Crippen LogP contribution is 2.27. The molecule has 0 saturated heterocycles. The minimum atomic E-state index is -0.517. The molecule has 2 unspecified atom stereocenters. The summed E-state index contributed by atoms with van der Waals surface area (Å²) in [6.45, 7) is 0.337.